The van der Waals surface area contributed by atoms with Gasteiger partial charge in [0.25, 0.3) is 11.0 Å². The zero-order valence-corrected chi connectivity index (χ0v) is 11.9. The molecule has 0 bridgehead atoms. The molecule has 0 atom stereocenters. The molecule has 0 unspecified atom stereocenters. The first kappa shape index (κ1) is 13.3. The van der Waals surface area contributed by atoms with Crippen molar-refractivity contribution in [1.82, 2.24) is 10.3 Å². The number of para-hydroxylation sites is 1. The molecule has 104 valence electrons. The molecule has 0 spiro atoms. The minimum Gasteiger partial charge on any atom is -0.310 e. The Morgan fingerprint density at radius 1 is 1.10 bits per heavy atom. The Labute approximate surface area is 125 Å². The van der Waals surface area contributed by atoms with Crippen molar-refractivity contribution < 1.29 is 9.79 Å². The van der Waals surface area contributed by atoms with Crippen molar-refractivity contribution >= 4 is 38.6 Å². The molecule has 0 fully saturated rings. The van der Waals surface area contributed by atoms with E-state index < -0.39 is 0 Å². The first-order valence-electron chi connectivity index (χ1n) is 6.34. The van der Waals surface area contributed by atoms with Crippen molar-refractivity contribution in [2.75, 3.05) is 0 Å². The highest BCUT2D eigenvalue weighted by atomic mass is 32.1. The molecule has 0 saturated carbocycles. The number of carbonyl (C=O) groups excluding carboxylic acids is 1. The zero-order chi connectivity index (χ0) is 14.7. The first-order valence-corrected chi connectivity index (χ1v) is 7.15. The van der Waals surface area contributed by atoms with E-state index in [1.54, 1.807) is 24.3 Å². The lowest BCUT2D eigenvalue weighted by Crippen LogP contribution is -2.74. The lowest BCUT2D eigenvalue weighted by Gasteiger charge is -1.98. The molecule has 0 saturated heterocycles. The van der Waals surface area contributed by atoms with Crippen LogP contribution >= 0.6 is 11.3 Å². The summed E-state index contributed by atoms with van der Waals surface area (Å²) < 4.78 is 1.06. The van der Waals surface area contributed by atoms with Gasteiger partial charge in [0.05, 0.1) is 10.3 Å². The van der Waals surface area contributed by atoms with Crippen LogP contribution in [-0.4, -0.2) is 16.9 Å². The molecule has 2 aromatic carbocycles. The lowest BCUT2D eigenvalue weighted by molar-refractivity contribution is -0.356. The number of rotatable bonds is 2. The third-order valence-corrected chi connectivity index (χ3v) is 3.77. The normalized spacial score (nSPS) is 11.5. The highest BCUT2D eigenvalue weighted by molar-refractivity contribution is 7.21. The number of thiazole rings is 1. The van der Waals surface area contributed by atoms with Crippen LogP contribution < -0.4 is 16.0 Å². The average molecular weight is 297 g/mol. The maximum atomic E-state index is 11.9. The quantitative estimate of drug-likeness (QED) is 0.482. The molecule has 1 heterocycles. The van der Waals surface area contributed by atoms with Gasteiger partial charge in [-0.1, -0.05) is 41.7 Å². The SMILES string of the molecule is NC(NC(=O)c1ccccc1)=[NH+]c1nc2ccccc2s1. The molecule has 4 N–H and O–H groups in total. The molecule has 0 aliphatic heterocycles. The van der Waals surface area contributed by atoms with Crippen molar-refractivity contribution in [3.8, 4) is 0 Å². The summed E-state index contributed by atoms with van der Waals surface area (Å²) in [6, 6.07) is 16.7. The topological polar surface area (TPSA) is 82.0 Å². The smallest absolute Gasteiger partial charge is 0.310 e. The van der Waals surface area contributed by atoms with Gasteiger partial charge in [-0.05, 0) is 24.3 Å². The number of hydrogen-bond acceptors (Lipinski definition) is 3. The van der Waals surface area contributed by atoms with Crippen molar-refractivity contribution in [1.29, 1.82) is 0 Å². The van der Waals surface area contributed by atoms with Crippen LogP contribution in [0.2, 0.25) is 0 Å². The summed E-state index contributed by atoms with van der Waals surface area (Å²) in [5.74, 6) is -0.107. The van der Waals surface area contributed by atoms with Gasteiger partial charge in [-0.25, -0.2) is 10.3 Å². The van der Waals surface area contributed by atoms with Crippen molar-refractivity contribution in [2.45, 2.75) is 0 Å². The third kappa shape index (κ3) is 3.06. The van der Waals surface area contributed by atoms with E-state index in [2.05, 4.69) is 15.3 Å². The van der Waals surface area contributed by atoms with Crippen LogP contribution in [0.3, 0.4) is 0 Å². The van der Waals surface area contributed by atoms with Crippen molar-refractivity contribution in [2.24, 2.45) is 5.73 Å². The highest BCUT2D eigenvalue weighted by Crippen LogP contribution is 2.21. The van der Waals surface area contributed by atoms with Gasteiger partial charge in [0.1, 0.15) is 5.52 Å². The van der Waals surface area contributed by atoms with Gasteiger partial charge < -0.3 is 5.73 Å². The number of carbonyl (C=O) groups is 1. The molecule has 3 rings (SSSR count). The maximum Gasteiger partial charge on any atom is 0.312 e. The monoisotopic (exact) mass is 297 g/mol. The molecule has 0 radical (unpaired) electrons. The lowest BCUT2D eigenvalue weighted by atomic mass is 10.2. The van der Waals surface area contributed by atoms with Crippen LogP contribution in [0.4, 0.5) is 5.13 Å². The second-order valence-corrected chi connectivity index (χ2v) is 5.38. The van der Waals surface area contributed by atoms with Crippen LogP contribution in [0.5, 0.6) is 0 Å². The largest absolute Gasteiger partial charge is 0.312 e. The van der Waals surface area contributed by atoms with Crippen LogP contribution in [-0.2, 0) is 0 Å². The number of benzene rings is 2. The van der Waals surface area contributed by atoms with E-state index in [-0.39, 0.29) is 11.9 Å². The first-order chi connectivity index (χ1) is 10.2. The summed E-state index contributed by atoms with van der Waals surface area (Å²) in [6.07, 6.45) is 0. The van der Waals surface area contributed by atoms with Gasteiger partial charge in [0.15, 0.2) is 0 Å². The van der Waals surface area contributed by atoms with E-state index in [1.807, 2.05) is 30.3 Å². The molecule has 3 aromatic rings. The summed E-state index contributed by atoms with van der Waals surface area (Å²) >= 11 is 1.47. The van der Waals surface area contributed by atoms with E-state index in [9.17, 15) is 4.79 Å². The number of fused-ring (bicyclic) bond motifs is 1. The van der Waals surface area contributed by atoms with Gasteiger partial charge in [-0.2, -0.15) is 0 Å². The van der Waals surface area contributed by atoms with E-state index in [4.69, 9.17) is 5.73 Å². The molecule has 21 heavy (non-hydrogen) atoms. The molecule has 0 aliphatic carbocycles. The average Bonchev–Trinajstić information content (AvgIpc) is 2.90. The summed E-state index contributed by atoms with van der Waals surface area (Å²) in [5, 5.41) is 3.24. The van der Waals surface area contributed by atoms with Gasteiger partial charge in [0.2, 0.25) is 0 Å². The molecule has 1 aromatic heterocycles. The van der Waals surface area contributed by atoms with E-state index >= 15 is 0 Å². The number of nitrogens with one attached hydrogen (secondary N) is 2. The van der Waals surface area contributed by atoms with Gasteiger partial charge in [-0.15, -0.1) is 4.98 Å². The number of hydrogen-bond donors (Lipinski definition) is 3. The van der Waals surface area contributed by atoms with Crippen LogP contribution in [0.25, 0.3) is 10.2 Å². The molecule has 6 heteroatoms. The Balaban J connectivity index is 1.78. The van der Waals surface area contributed by atoms with E-state index in [0.717, 1.165) is 10.2 Å². The molecule has 5 nitrogen and oxygen atoms in total. The third-order valence-electron chi connectivity index (χ3n) is 2.82. The van der Waals surface area contributed by atoms with Gasteiger partial charge >= 0.3 is 5.96 Å². The highest BCUT2D eigenvalue weighted by Gasteiger charge is 2.11. The maximum absolute atomic E-state index is 11.9. The standard InChI is InChI=1S/C15H12N4OS/c16-14(18-13(20)10-6-2-1-3-7-10)19-15-17-11-8-4-5-9-12(11)21-15/h1-9H,(H3,16,17,18,19,20)/p+1. The zero-order valence-electron chi connectivity index (χ0n) is 11.0. The summed E-state index contributed by atoms with van der Waals surface area (Å²) in [4.78, 5) is 19.2. The molecular weight excluding hydrogens is 284 g/mol. The number of nitrogens with zero attached hydrogens (tertiary/aromatic N) is 1. The Hall–Kier alpha value is -2.73. The Bertz CT molecular complexity index is 778. The summed E-state index contributed by atoms with van der Waals surface area (Å²) in [7, 11) is 0. The summed E-state index contributed by atoms with van der Waals surface area (Å²) in [5.41, 5.74) is 7.25. The van der Waals surface area contributed by atoms with Crippen molar-refractivity contribution in [3.05, 3.63) is 60.2 Å². The second-order valence-electron chi connectivity index (χ2n) is 4.35. The molecule has 0 aliphatic rings. The number of aromatic nitrogens is 1. The summed E-state index contributed by atoms with van der Waals surface area (Å²) in [6.45, 7) is 0. The van der Waals surface area contributed by atoms with Gasteiger partial charge in [-0.3, -0.25) is 4.79 Å². The number of amides is 1. The predicted molar refractivity (Wildman–Crippen MR) is 83.3 cm³/mol. The number of guanidine groups is 1. The fourth-order valence-corrected chi connectivity index (χ4v) is 2.73. The Kier molecular flexibility index (Phi) is 3.61. The minimum atomic E-state index is -0.262. The fourth-order valence-electron chi connectivity index (χ4n) is 1.86. The Morgan fingerprint density at radius 2 is 1.81 bits per heavy atom. The van der Waals surface area contributed by atoms with Crippen molar-refractivity contribution in [3.63, 3.8) is 0 Å². The van der Waals surface area contributed by atoms with E-state index in [0.29, 0.717) is 10.7 Å². The fraction of sp³-hybridized carbons (Fsp3) is 0. The second kappa shape index (κ2) is 5.72. The predicted octanol–water partition coefficient (Wildman–Crippen LogP) is 0.753. The van der Waals surface area contributed by atoms with Crippen LogP contribution in [0, 0.1) is 0 Å². The van der Waals surface area contributed by atoms with E-state index in [1.165, 1.54) is 11.3 Å². The van der Waals surface area contributed by atoms with Gasteiger partial charge in [0, 0.05) is 0 Å². The Morgan fingerprint density at radius 3 is 2.57 bits per heavy atom. The molecule has 1 amide bonds. The molecular formula is C15H13N4OS+. The number of nitrogens with two attached hydrogens (primary N) is 1. The van der Waals surface area contributed by atoms with Crippen LogP contribution in [0.1, 0.15) is 10.4 Å². The minimum absolute atomic E-state index is 0.155. The van der Waals surface area contributed by atoms with Crippen LogP contribution in [0.15, 0.2) is 54.6 Å².